The minimum absolute atomic E-state index is 0.331. The van der Waals surface area contributed by atoms with E-state index in [4.69, 9.17) is 21.0 Å². The van der Waals surface area contributed by atoms with E-state index >= 15 is 26.3 Å². The molecule has 0 aliphatic rings. The average Bonchev–Trinajstić information content (AvgIpc) is 3.50. The number of benzene rings is 3. The van der Waals surface area contributed by atoms with E-state index < -0.39 is 97.4 Å². The van der Waals surface area contributed by atoms with Crippen molar-refractivity contribution >= 4 is 75.8 Å². The number of fused-ring (bicyclic) bond motifs is 5. The molecule has 14 heteroatoms. The third-order valence-corrected chi connectivity index (χ3v) is 7.33. The van der Waals surface area contributed by atoms with E-state index in [2.05, 4.69) is 9.97 Å². The fourth-order valence-corrected chi connectivity index (χ4v) is 5.59. The van der Waals surface area contributed by atoms with Gasteiger partial charge in [0.25, 0.3) is 0 Å². The Bertz CT molecular complexity index is 1980. The highest BCUT2D eigenvalue weighted by molar-refractivity contribution is 7.17. The van der Waals surface area contributed by atoms with Gasteiger partial charge < -0.3 is 0 Å². The van der Waals surface area contributed by atoms with E-state index in [9.17, 15) is 0 Å². The number of nitrogens with zero attached hydrogens (tertiary/aromatic N) is 6. The summed E-state index contributed by atoms with van der Waals surface area (Å²) in [5, 5.41) is 31.1. The Morgan fingerprint density at radius 3 is 1.14 bits per heavy atom. The van der Waals surface area contributed by atoms with Gasteiger partial charge in [-0.2, -0.15) is 21.0 Å². The molecule has 0 bridgehead atoms. The topological polar surface area (TPSA) is 121 Å². The minimum atomic E-state index is -2.04. The van der Waals surface area contributed by atoms with Crippen LogP contribution in [0.25, 0.3) is 53.1 Å². The van der Waals surface area contributed by atoms with Crippen molar-refractivity contribution in [3.05, 3.63) is 44.2 Å². The van der Waals surface area contributed by atoms with Gasteiger partial charge in [-0.15, -0.1) is 22.7 Å². The summed E-state index contributed by atoms with van der Waals surface area (Å²) in [6, 6.07) is 5.92. The number of nitriles is 4. The molecule has 2 aromatic heterocycles. The molecule has 2 heterocycles. The van der Waals surface area contributed by atoms with Crippen molar-refractivity contribution in [2.75, 3.05) is 0 Å². The maximum Gasteiger partial charge on any atom is 0.170 e. The van der Waals surface area contributed by atoms with Crippen LogP contribution in [-0.2, 0) is 0 Å². The van der Waals surface area contributed by atoms with Crippen molar-refractivity contribution in [2.24, 2.45) is 0 Å². The van der Waals surface area contributed by atoms with Crippen LogP contribution in [0.5, 0.6) is 0 Å². The first-order chi connectivity index (χ1) is 17.2. The smallest absolute Gasteiger partial charge is 0.170 e. The summed E-state index contributed by atoms with van der Waals surface area (Å²) in [6.45, 7) is 0. The van der Waals surface area contributed by atoms with Gasteiger partial charge in [0.1, 0.15) is 44.6 Å². The maximum absolute atomic E-state index is 15.7. The summed E-state index contributed by atoms with van der Waals surface area (Å²) >= 11 is 0.661. The lowest BCUT2D eigenvalue weighted by molar-refractivity contribution is 0.514. The quantitative estimate of drug-likeness (QED) is 0.217. The lowest BCUT2D eigenvalue weighted by Gasteiger charge is -2.12. The molecule has 0 atom stereocenters. The number of hydrogen-bond donors (Lipinski definition) is 0. The van der Waals surface area contributed by atoms with Crippen LogP contribution in [0.2, 0.25) is 0 Å². The van der Waals surface area contributed by atoms with Crippen LogP contribution in [-0.4, -0.2) is 9.97 Å². The van der Waals surface area contributed by atoms with Gasteiger partial charge in [0.05, 0.1) is 20.2 Å². The van der Waals surface area contributed by atoms with Gasteiger partial charge in [0.2, 0.25) is 0 Å². The summed E-state index contributed by atoms with van der Waals surface area (Å²) in [6.07, 6.45) is 0. The molecule has 172 valence electrons. The van der Waals surface area contributed by atoms with E-state index in [1.807, 2.05) is 0 Å². The summed E-state index contributed by atoms with van der Waals surface area (Å²) in [5.41, 5.74) is -2.92. The summed E-state index contributed by atoms with van der Waals surface area (Å²) in [7, 11) is 0. The second-order valence-electron chi connectivity index (χ2n) is 6.97. The first-order valence-electron chi connectivity index (χ1n) is 9.24. The SMILES string of the molecule is N#CC(C#N)=c1nc2c(F)c3c(F)c(F)c4c(F)c5nc(=C(C#N)C#N)sc5c(F)c4c3c(F)c2s1. The minimum Gasteiger partial charge on any atom is -0.231 e. The highest BCUT2D eigenvalue weighted by Crippen LogP contribution is 2.43. The van der Waals surface area contributed by atoms with Crippen molar-refractivity contribution in [1.82, 2.24) is 9.97 Å². The van der Waals surface area contributed by atoms with Gasteiger partial charge in [-0.25, -0.2) is 36.3 Å². The van der Waals surface area contributed by atoms with Gasteiger partial charge in [-0.1, -0.05) is 0 Å². The summed E-state index contributed by atoms with van der Waals surface area (Å²) in [4.78, 5) is 7.28. The standard InChI is InChI=1S/C22F6N6S2/c23-11-9-7(15(27)19-17(13(9)25)33-21(35-19)5(1-29)2-30)8-10(12(11)24)14(26)18-20(16(8)28)36-22(34-18)6(3-31)4-32. The molecule has 36 heavy (non-hydrogen) atoms. The molecule has 0 aliphatic carbocycles. The first kappa shape index (κ1) is 23.0. The molecular formula is C22F6N6S2. The fraction of sp³-hybridized carbons (Fsp3) is 0. The number of rotatable bonds is 0. The number of aromatic nitrogens is 2. The van der Waals surface area contributed by atoms with E-state index in [0.29, 0.717) is 22.7 Å². The van der Waals surface area contributed by atoms with E-state index in [1.165, 1.54) is 24.3 Å². The van der Waals surface area contributed by atoms with Crippen LogP contribution in [0.15, 0.2) is 0 Å². The van der Waals surface area contributed by atoms with E-state index in [0.717, 1.165) is 0 Å². The second-order valence-corrected chi connectivity index (χ2v) is 8.97. The second kappa shape index (κ2) is 7.89. The largest absolute Gasteiger partial charge is 0.231 e. The average molecular weight is 526 g/mol. The first-order valence-corrected chi connectivity index (χ1v) is 10.9. The molecule has 5 rings (SSSR count). The van der Waals surface area contributed by atoms with Gasteiger partial charge >= 0.3 is 0 Å². The molecule has 0 aliphatic heterocycles. The molecule has 0 saturated carbocycles. The maximum atomic E-state index is 15.7. The Balaban J connectivity index is 2.15. The van der Waals surface area contributed by atoms with E-state index in [-0.39, 0.29) is 0 Å². The molecular weight excluding hydrogens is 526 g/mol. The van der Waals surface area contributed by atoms with Crippen LogP contribution in [0.1, 0.15) is 0 Å². The van der Waals surface area contributed by atoms with Crippen LogP contribution in [0, 0.1) is 80.2 Å². The molecule has 0 amide bonds. The van der Waals surface area contributed by atoms with Crippen molar-refractivity contribution in [1.29, 1.82) is 21.0 Å². The number of halogens is 6. The summed E-state index contributed by atoms with van der Waals surface area (Å²) in [5.74, 6) is -10.3. The van der Waals surface area contributed by atoms with Crippen molar-refractivity contribution in [3.8, 4) is 24.3 Å². The van der Waals surface area contributed by atoms with Gasteiger partial charge in [0, 0.05) is 10.8 Å². The van der Waals surface area contributed by atoms with Crippen molar-refractivity contribution in [3.63, 3.8) is 0 Å². The normalized spacial score (nSPS) is 10.9. The Hall–Kier alpha value is -4.76. The van der Waals surface area contributed by atoms with Crippen LogP contribution in [0.4, 0.5) is 26.3 Å². The Morgan fingerprint density at radius 1 is 0.500 bits per heavy atom. The molecule has 0 fully saturated rings. The van der Waals surface area contributed by atoms with Gasteiger partial charge in [0.15, 0.2) is 46.0 Å². The fourth-order valence-electron chi connectivity index (χ4n) is 3.69. The van der Waals surface area contributed by atoms with Crippen LogP contribution in [0.3, 0.4) is 0 Å². The lowest BCUT2D eigenvalue weighted by atomic mass is 9.98. The molecule has 0 saturated heterocycles. The Kier molecular flexibility index (Phi) is 5.04. The third kappa shape index (κ3) is 2.80. The van der Waals surface area contributed by atoms with Gasteiger partial charge in [-0.3, -0.25) is 0 Å². The highest BCUT2D eigenvalue weighted by atomic mass is 32.1. The molecule has 3 aromatic carbocycles. The monoisotopic (exact) mass is 526 g/mol. The zero-order valence-corrected chi connectivity index (χ0v) is 18.4. The van der Waals surface area contributed by atoms with Crippen LogP contribution < -0.4 is 9.33 Å². The predicted octanol–water partition coefficient (Wildman–Crippen LogP) is 4.44. The van der Waals surface area contributed by atoms with Crippen LogP contribution >= 0.6 is 22.7 Å². The van der Waals surface area contributed by atoms with E-state index in [1.54, 1.807) is 0 Å². The van der Waals surface area contributed by atoms with Gasteiger partial charge in [-0.05, 0) is 0 Å². The van der Waals surface area contributed by atoms with Crippen molar-refractivity contribution in [2.45, 2.75) is 0 Å². The number of hydrogen-bond acceptors (Lipinski definition) is 8. The zero-order chi connectivity index (χ0) is 26.0. The third-order valence-electron chi connectivity index (χ3n) is 5.20. The molecule has 5 aromatic rings. The Labute approximate surface area is 201 Å². The molecule has 0 radical (unpaired) electrons. The molecule has 0 unspecified atom stereocenters. The zero-order valence-electron chi connectivity index (χ0n) is 16.8. The lowest BCUT2D eigenvalue weighted by Crippen LogP contribution is -2.03. The number of thiazole rings is 2. The molecule has 0 N–H and O–H groups in total. The predicted molar refractivity (Wildman–Crippen MR) is 116 cm³/mol. The highest BCUT2D eigenvalue weighted by Gasteiger charge is 2.31. The van der Waals surface area contributed by atoms with Crippen molar-refractivity contribution < 1.29 is 26.3 Å². The molecule has 6 nitrogen and oxygen atoms in total. The summed E-state index contributed by atoms with van der Waals surface area (Å²) < 4.78 is 89.9. The molecule has 0 spiro atoms. The Morgan fingerprint density at radius 2 is 0.833 bits per heavy atom.